The Balaban J connectivity index is 2.98. The van der Waals surface area contributed by atoms with E-state index in [1.807, 2.05) is 0 Å². The van der Waals surface area contributed by atoms with Crippen molar-refractivity contribution in [2.75, 3.05) is 17.3 Å². The highest BCUT2D eigenvalue weighted by atomic mass is 32.2. The lowest BCUT2D eigenvalue weighted by molar-refractivity contribution is 0.546. The highest BCUT2D eigenvalue weighted by Crippen LogP contribution is 2.44. The average Bonchev–Trinajstić information content (AvgIpc) is 2.30. The molecule has 0 aromatic rings. The van der Waals surface area contributed by atoms with Gasteiger partial charge in [-0.15, -0.1) is 11.8 Å². The lowest BCUT2D eigenvalue weighted by Crippen LogP contribution is -2.47. The average molecular weight is 294 g/mol. The van der Waals surface area contributed by atoms with E-state index in [-0.39, 0.29) is 0 Å². The van der Waals surface area contributed by atoms with Crippen LogP contribution in [0.1, 0.15) is 0 Å². The van der Waals surface area contributed by atoms with Gasteiger partial charge >= 0.3 is 0 Å². The summed E-state index contributed by atoms with van der Waals surface area (Å²) in [5, 5.41) is -1.13. The number of thioether (sulfide) groups is 2. The van der Waals surface area contributed by atoms with Gasteiger partial charge in [0.25, 0.3) is 0 Å². The van der Waals surface area contributed by atoms with Gasteiger partial charge in [0.05, 0.1) is 4.75 Å². The highest BCUT2D eigenvalue weighted by molar-refractivity contribution is 8.08. The molecule has 1 saturated heterocycles. The number of isocyanates is 2. The summed E-state index contributed by atoms with van der Waals surface area (Å²) in [7, 11) is 0. The smallest absolute Gasteiger partial charge is 0.211 e. The fraction of sp³-hybridized carbons (Fsp3) is 0.750. The number of hydrogen-bond acceptors (Lipinski definition) is 8. The molecule has 4 nitrogen and oxygen atoms in total. The first-order valence-corrected chi connectivity index (χ1v) is 7.56. The van der Waals surface area contributed by atoms with Crippen LogP contribution in [0.5, 0.6) is 0 Å². The summed E-state index contributed by atoms with van der Waals surface area (Å²) in [4.78, 5) is 27.8. The molecule has 88 valence electrons. The second-order valence-corrected chi connectivity index (χ2v) is 6.58. The van der Waals surface area contributed by atoms with Crippen LogP contribution in [0.2, 0.25) is 0 Å². The van der Waals surface area contributed by atoms with Crippen molar-refractivity contribution in [3.05, 3.63) is 0 Å². The third kappa shape index (κ3) is 3.09. The molecule has 0 aromatic heterocycles. The van der Waals surface area contributed by atoms with Crippen molar-refractivity contribution in [2.45, 2.75) is 15.5 Å². The predicted molar refractivity (Wildman–Crippen MR) is 74.3 cm³/mol. The molecule has 2 atom stereocenters. The minimum atomic E-state index is -0.567. The van der Waals surface area contributed by atoms with Crippen molar-refractivity contribution in [1.82, 2.24) is 0 Å². The Morgan fingerprint density at radius 2 is 1.69 bits per heavy atom. The van der Waals surface area contributed by atoms with Gasteiger partial charge in [0, 0.05) is 17.3 Å². The minimum absolute atomic E-state index is 0.552. The fourth-order valence-electron chi connectivity index (χ4n) is 1.31. The molecular weight excluding hydrogens is 284 g/mol. The molecule has 16 heavy (non-hydrogen) atoms. The van der Waals surface area contributed by atoms with E-state index in [0.29, 0.717) is 5.75 Å². The Kier molecular flexibility index (Phi) is 6.03. The van der Waals surface area contributed by atoms with Gasteiger partial charge in [-0.3, -0.25) is 0 Å². The molecule has 0 aromatic carbocycles. The first-order chi connectivity index (χ1) is 7.67. The number of carbonyl (C=O) groups excluding carboxylic acids is 2. The summed E-state index contributed by atoms with van der Waals surface area (Å²) in [5.41, 5.74) is 0. The predicted octanol–water partition coefficient (Wildman–Crippen LogP) is 1.39. The van der Waals surface area contributed by atoms with Crippen molar-refractivity contribution >= 4 is 60.9 Å². The molecule has 0 spiro atoms. The lowest BCUT2D eigenvalue weighted by Gasteiger charge is -2.39. The molecule has 0 radical (unpaired) electrons. The summed E-state index contributed by atoms with van der Waals surface area (Å²) in [6.45, 7) is 0. The molecule has 1 fully saturated rings. The first-order valence-electron chi connectivity index (χ1n) is 4.39. The van der Waals surface area contributed by atoms with E-state index in [1.165, 1.54) is 12.2 Å². The Labute approximate surface area is 113 Å². The summed E-state index contributed by atoms with van der Waals surface area (Å²) in [6.07, 6.45) is 2.98. The normalized spacial score (nSPS) is 28.4. The van der Waals surface area contributed by atoms with Crippen molar-refractivity contribution < 1.29 is 9.59 Å². The zero-order valence-corrected chi connectivity index (χ0v) is 11.6. The van der Waals surface area contributed by atoms with E-state index >= 15 is 0 Å². The van der Waals surface area contributed by atoms with Crippen molar-refractivity contribution in [3.8, 4) is 0 Å². The molecule has 0 bridgehead atoms. The van der Waals surface area contributed by atoms with Crippen LogP contribution < -0.4 is 0 Å². The van der Waals surface area contributed by atoms with E-state index in [0.717, 1.165) is 11.5 Å². The molecule has 0 saturated carbocycles. The van der Waals surface area contributed by atoms with Crippen molar-refractivity contribution in [3.63, 3.8) is 0 Å². The van der Waals surface area contributed by atoms with Gasteiger partial charge < -0.3 is 0 Å². The van der Waals surface area contributed by atoms with E-state index in [1.54, 1.807) is 23.5 Å². The van der Waals surface area contributed by atoms with Crippen LogP contribution in [0.3, 0.4) is 0 Å². The summed E-state index contributed by atoms with van der Waals surface area (Å²) in [6, 6.07) is 0. The molecule has 1 aliphatic heterocycles. The molecule has 2 unspecified atom stereocenters. The van der Waals surface area contributed by atoms with Gasteiger partial charge in [0.1, 0.15) is 10.7 Å². The van der Waals surface area contributed by atoms with Gasteiger partial charge in [0.15, 0.2) is 0 Å². The number of rotatable bonds is 4. The van der Waals surface area contributed by atoms with Gasteiger partial charge in [-0.1, -0.05) is 0 Å². The topological polar surface area (TPSA) is 58.9 Å². The first kappa shape index (κ1) is 14.2. The number of thiol groups is 2. The van der Waals surface area contributed by atoms with Crippen LogP contribution in [0.4, 0.5) is 0 Å². The standard InChI is InChI=1S/C8H10N2O2S4/c11-4-9-6(13)8(7(14)10-5-12)3-15-1-2-16-8/h6-7,13-14H,1-3H2. The van der Waals surface area contributed by atoms with Crippen LogP contribution in [-0.2, 0) is 9.59 Å². The number of hydrogen-bond donors (Lipinski definition) is 2. The maximum atomic E-state index is 10.3. The summed E-state index contributed by atoms with van der Waals surface area (Å²) >= 11 is 11.8. The zero-order valence-electron chi connectivity index (χ0n) is 8.20. The van der Waals surface area contributed by atoms with Crippen molar-refractivity contribution in [2.24, 2.45) is 9.98 Å². The summed E-state index contributed by atoms with van der Waals surface area (Å²) in [5.74, 6) is 2.60. The van der Waals surface area contributed by atoms with Gasteiger partial charge in [-0.2, -0.15) is 47.0 Å². The van der Waals surface area contributed by atoms with Crippen LogP contribution in [0.25, 0.3) is 0 Å². The molecule has 1 aliphatic rings. The maximum absolute atomic E-state index is 10.3. The lowest BCUT2D eigenvalue weighted by atomic mass is 10.1. The van der Waals surface area contributed by atoms with Gasteiger partial charge in [-0.25, -0.2) is 9.59 Å². The summed E-state index contributed by atoms with van der Waals surface area (Å²) < 4.78 is -0.552. The largest absolute Gasteiger partial charge is 0.236 e. The molecule has 0 N–H and O–H groups in total. The second kappa shape index (κ2) is 6.79. The molecular formula is C8H10N2O2S4. The minimum Gasteiger partial charge on any atom is -0.211 e. The quantitative estimate of drug-likeness (QED) is 0.467. The zero-order chi connectivity index (χ0) is 12.0. The van der Waals surface area contributed by atoms with Crippen LogP contribution in [-0.4, -0.2) is 44.9 Å². The van der Waals surface area contributed by atoms with Gasteiger partial charge in [-0.05, 0) is 0 Å². The molecule has 8 heteroatoms. The van der Waals surface area contributed by atoms with E-state index < -0.39 is 15.5 Å². The number of nitrogens with zero attached hydrogens (tertiary/aromatic N) is 2. The van der Waals surface area contributed by atoms with Crippen LogP contribution in [0.15, 0.2) is 9.98 Å². The Morgan fingerprint density at radius 1 is 1.12 bits per heavy atom. The third-order valence-electron chi connectivity index (χ3n) is 2.15. The van der Waals surface area contributed by atoms with E-state index in [9.17, 15) is 9.59 Å². The Bertz CT molecular complexity index is 307. The molecule has 0 amide bonds. The monoisotopic (exact) mass is 294 g/mol. The molecule has 1 heterocycles. The fourth-order valence-corrected chi connectivity index (χ4v) is 5.64. The van der Waals surface area contributed by atoms with Crippen LogP contribution in [0, 0.1) is 0 Å². The van der Waals surface area contributed by atoms with E-state index in [4.69, 9.17) is 0 Å². The maximum Gasteiger partial charge on any atom is 0.236 e. The highest BCUT2D eigenvalue weighted by Gasteiger charge is 2.45. The van der Waals surface area contributed by atoms with Crippen LogP contribution >= 0.6 is 48.8 Å². The van der Waals surface area contributed by atoms with E-state index in [2.05, 4.69) is 35.2 Å². The Morgan fingerprint density at radius 3 is 2.06 bits per heavy atom. The SMILES string of the molecule is O=C=NC(S)C1(C(S)N=C=O)CSCCS1. The number of aliphatic imine (C=N–C) groups is 2. The molecule has 1 rings (SSSR count). The molecule has 0 aliphatic carbocycles. The second-order valence-electron chi connectivity index (χ2n) is 3.04. The Hall–Kier alpha value is 0.160. The third-order valence-corrected chi connectivity index (χ3v) is 6.80. The van der Waals surface area contributed by atoms with Gasteiger partial charge in [0.2, 0.25) is 12.2 Å². The van der Waals surface area contributed by atoms with Crippen molar-refractivity contribution in [1.29, 1.82) is 0 Å².